The molecule has 1 aromatic heterocycles. The maximum absolute atomic E-state index is 12.5. The van der Waals surface area contributed by atoms with Crippen LogP contribution in [0.3, 0.4) is 0 Å². The molecule has 0 aliphatic carbocycles. The number of hydrogen-bond acceptors (Lipinski definition) is 6. The second-order valence-electron chi connectivity index (χ2n) is 6.73. The number of rotatable bonds is 8. The molecule has 1 fully saturated rings. The summed E-state index contributed by atoms with van der Waals surface area (Å²) in [6, 6.07) is 9.22. The third kappa shape index (κ3) is 5.16. The minimum atomic E-state index is -0.138. The van der Waals surface area contributed by atoms with Gasteiger partial charge in [0.1, 0.15) is 5.82 Å². The quantitative estimate of drug-likeness (QED) is 0.676. The van der Waals surface area contributed by atoms with Crippen molar-refractivity contribution in [2.75, 3.05) is 51.8 Å². The van der Waals surface area contributed by atoms with Gasteiger partial charge in [0.25, 0.3) is 5.91 Å². The summed E-state index contributed by atoms with van der Waals surface area (Å²) in [6.07, 6.45) is 3.19. The van der Waals surface area contributed by atoms with Crippen LogP contribution in [0.4, 0.5) is 5.82 Å². The van der Waals surface area contributed by atoms with Gasteiger partial charge in [-0.3, -0.25) is 9.59 Å². The van der Waals surface area contributed by atoms with Gasteiger partial charge in [-0.05, 0) is 36.2 Å². The molecular formula is C21H26N4O4. The van der Waals surface area contributed by atoms with Crippen LogP contribution >= 0.6 is 0 Å². The van der Waals surface area contributed by atoms with Gasteiger partial charge >= 0.3 is 0 Å². The van der Waals surface area contributed by atoms with E-state index < -0.39 is 0 Å². The first kappa shape index (κ1) is 20.4. The zero-order valence-corrected chi connectivity index (χ0v) is 16.8. The van der Waals surface area contributed by atoms with Crippen LogP contribution in [0.2, 0.25) is 0 Å². The van der Waals surface area contributed by atoms with E-state index in [2.05, 4.69) is 15.2 Å². The van der Waals surface area contributed by atoms with Crippen molar-refractivity contribution in [3.63, 3.8) is 0 Å². The summed E-state index contributed by atoms with van der Waals surface area (Å²) in [5.41, 5.74) is 1.62. The Bertz CT molecular complexity index is 850. The van der Waals surface area contributed by atoms with E-state index >= 15 is 0 Å². The van der Waals surface area contributed by atoms with Crippen LogP contribution in [0, 0.1) is 0 Å². The number of benzene rings is 1. The van der Waals surface area contributed by atoms with Gasteiger partial charge in [-0.25, -0.2) is 4.98 Å². The van der Waals surface area contributed by atoms with Gasteiger partial charge < -0.3 is 24.6 Å². The van der Waals surface area contributed by atoms with Crippen LogP contribution < -0.4 is 19.7 Å². The number of methoxy groups -OCH3 is 2. The fraction of sp³-hybridized carbons (Fsp3) is 0.381. The van der Waals surface area contributed by atoms with E-state index in [1.807, 2.05) is 18.2 Å². The van der Waals surface area contributed by atoms with E-state index in [9.17, 15) is 9.59 Å². The van der Waals surface area contributed by atoms with Crippen molar-refractivity contribution in [2.24, 2.45) is 0 Å². The van der Waals surface area contributed by atoms with Gasteiger partial charge in [0.05, 0.1) is 14.2 Å². The van der Waals surface area contributed by atoms with Gasteiger partial charge in [-0.1, -0.05) is 6.07 Å². The van der Waals surface area contributed by atoms with Crippen molar-refractivity contribution in [2.45, 2.75) is 6.42 Å². The average Bonchev–Trinajstić information content (AvgIpc) is 2.79. The van der Waals surface area contributed by atoms with Gasteiger partial charge in [0, 0.05) is 44.5 Å². The molecule has 8 nitrogen and oxygen atoms in total. The highest BCUT2D eigenvalue weighted by Crippen LogP contribution is 2.27. The molecule has 0 bridgehead atoms. The molecule has 1 aliphatic heterocycles. The molecule has 1 aromatic carbocycles. The summed E-state index contributed by atoms with van der Waals surface area (Å²) in [5.74, 6) is 1.96. The van der Waals surface area contributed by atoms with Gasteiger partial charge in [-0.15, -0.1) is 0 Å². The Hall–Kier alpha value is -3.29. The van der Waals surface area contributed by atoms with Crippen LogP contribution in [0.25, 0.3) is 0 Å². The number of nitrogens with one attached hydrogen (secondary N) is 1. The molecule has 29 heavy (non-hydrogen) atoms. The zero-order valence-electron chi connectivity index (χ0n) is 16.8. The molecule has 8 heteroatoms. The molecule has 1 aliphatic rings. The summed E-state index contributed by atoms with van der Waals surface area (Å²) >= 11 is 0. The van der Waals surface area contributed by atoms with Crippen molar-refractivity contribution in [3.8, 4) is 11.5 Å². The zero-order chi connectivity index (χ0) is 20.6. The van der Waals surface area contributed by atoms with Crippen LogP contribution in [-0.2, 0) is 11.2 Å². The molecular weight excluding hydrogens is 372 g/mol. The standard InChI is InChI=1S/C21H26N4O4/c1-28-18-4-3-16(13-19(18)29-2)5-7-23-21(27)17-6-8-22-20(14-17)25-11-9-24(15-26)10-12-25/h3-4,6,8,13-15H,5,7,9-12H2,1-2H3,(H,23,27). The number of ether oxygens (including phenoxy) is 2. The monoisotopic (exact) mass is 398 g/mol. The number of carbonyl (C=O) groups is 2. The second-order valence-corrected chi connectivity index (χ2v) is 6.73. The Labute approximate surface area is 170 Å². The maximum Gasteiger partial charge on any atom is 0.251 e. The fourth-order valence-electron chi connectivity index (χ4n) is 3.25. The van der Waals surface area contributed by atoms with Crippen molar-refractivity contribution in [3.05, 3.63) is 47.7 Å². The number of pyridine rings is 1. The molecule has 2 amide bonds. The summed E-state index contributed by atoms with van der Waals surface area (Å²) < 4.78 is 10.6. The molecule has 2 aromatic rings. The summed E-state index contributed by atoms with van der Waals surface area (Å²) in [5, 5.41) is 2.95. The lowest BCUT2D eigenvalue weighted by Gasteiger charge is -2.33. The van der Waals surface area contributed by atoms with E-state index in [1.54, 1.807) is 37.4 Å². The lowest BCUT2D eigenvalue weighted by atomic mass is 10.1. The van der Waals surface area contributed by atoms with E-state index in [1.165, 1.54) is 0 Å². The molecule has 0 saturated carbocycles. The van der Waals surface area contributed by atoms with Gasteiger partial charge in [-0.2, -0.15) is 0 Å². The van der Waals surface area contributed by atoms with E-state index in [-0.39, 0.29) is 5.91 Å². The number of piperazine rings is 1. The Balaban J connectivity index is 1.55. The second kappa shape index (κ2) is 9.77. The third-order valence-electron chi connectivity index (χ3n) is 4.94. The van der Waals surface area contributed by atoms with Crippen LogP contribution in [0.1, 0.15) is 15.9 Å². The number of anilines is 1. The van der Waals surface area contributed by atoms with Crippen LogP contribution in [-0.4, -0.2) is 69.1 Å². The number of hydrogen-bond donors (Lipinski definition) is 1. The molecule has 0 atom stereocenters. The van der Waals surface area contributed by atoms with Crippen molar-refractivity contribution in [1.29, 1.82) is 0 Å². The summed E-state index contributed by atoms with van der Waals surface area (Å²) in [4.78, 5) is 31.6. The highest BCUT2D eigenvalue weighted by atomic mass is 16.5. The number of nitrogens with zero attached hydrogens (tertiary/aromatic N) is 3. The molecule has 0 radical (unpaired) electrons. The molecule has 0 unspecified atom stereocenters. The Morgan fingerprint density at radius 1 is 1.10 bits per heavy atom. The topological polar surface area (TPSA) is 84.0 Å². The molecule has 2 heterocycles. The number of amides is 2. The predicted octanol–water partition coefficient (Wildman–Crippen LogP) is 1.35. The molecule has 1 saturated heterocycles. The molecule has 3 rings (SSSR count). The SMILES string of the molecule is COc1ccc(CCNC(=O)c2ccnc(N3CCN(C=O)CC3)c2)cc1OC. The first-order chi connectivity index (χ1) is 14.1. The number of aromatic nitrogens is 1. The van der Waals surface area contributed by atoms with Crippen LogP contribution in [0.5, 0.6) is 11.5 Å². The normalized spacial score (nSPS) is 13.7. The lowest BCUT2D eigenvalue weighted by Crippen LogP contribution is -2.46. The van der Waals surface area contributed by atoms with E-state index in [0.717, 1.165) is 17.8 Å². The molecule has 154 valence electrons. The Morgan fingerprint density at radius 2 is 1.86 bits per heavy atom. The lowest BCUT2D eigenvalue weighted by molar-refractivity contribution is -0.118. The molecule has 0 spiro atoms. The predicted molar refractivity (Wildman–Crippen MR) is 110 cm³/mol. The highest BCUT2D eigenvalue weighted by Gasteiger charge is 2.17. The van der Waals surface area contributed by atoms with Crippen LogP contribution in [0.15, 0.2) is 36.5 Å². The Morgan fingerprint density at radius 3 is 2.55 bits per heavy atom. The minimum Gasteiger partial charge on any atom is -0.493 e. The maximum atomic E-state index is 12.5. The summed E-state index contributed by atoms with van der Waals surface area (Å²) in [7, 11) is 3.20. The fourth-order valence-corrected chi connectivity index (χ4v) is 3.25. The van der Waals surface area contributed by atoms with Crippen molar-refractivity contribution in [1.82, 2.24) is 15.2 Å². The smallest absolute Gasteiger partial charge is 0.251 e. The minimum absolute atomic E-state index is 0.138. The van der Waals surface area contributed by atoms with Crippen molar-refractivity contribution >= 4 is 18.1 Å². The highest BCUT2D eigenvalue weighted by molar-refractivity contribution is 5.94. The van der Waals surface area contributed by atoms with Gasteiger partial charge in [0.2, 0.25) is 6.41 Å². The third-order valence-corrected chi connectivity index (χ3v) is 4.94. The first-order valence-electron chi connectivity index (χ1n) is 9.54. The molecule has 1 N–H and O–H groups in total. The largest absolute Gasteiger partial charge is 0.493 e. The van der Waals surface area contributed by atoms with Crippen molar-refractivity contribution < 1.29 is 19.1 Å². The Kier molecular flexibility index (Phi) is 6.89. The first-order valence-corrected chi connectivity index (χ1v) is 9.54. The van der Waals surface area contributed by atoms with E-state index in [4.69, 9.17) is 9.47 Å². The summed E-state index contributed by atoms with van der Waals surface area (Å²) in [6.45, 7) is 3.23. The van der Waals surface area contributed by atoms with Gasteiger partial charge in [0.15, 0.2) is 11.5 Å². The average molecular weight is 398 g/mol. The number of carbonyl (C=O) groups excluding carboxylic acids is 2. The van der Waals surface area contributed by atoms with E-state index in [0.29, 0.717) is 56.2 Å².